The fourth-order valence-corrected chi connectivity index (χ4v) is 4.64. The summed E-state index contributed by atoms with van der Waals surface area (Å²) in [5, 5.41) is 7.45. The second-order valence-electron chi connectivity index (χ2n) is 8.72. The SMILES string of the molecule is CCCCc1nc2ccc(Br)cc2c(=O)n1N=Cc1cc(OCC)c(OCC(=O)Nc2ccccc2F)cc1Br. The molecular formula is C29H27Br2FN4O4. The summed E-state index contributed by atoms with van der Waals surface area (Å²) in [6.45, 7) is 3.88. The first kappa shape index (κ1) is 29.4. The fraction of sp³-hybridized carbons (Fsp3) is 0.241. The van der Waals surface area contributed by atoms with Gasteiger partial charge in [-0.2, -0.15) is 9.78 Å². The molecule has 1 heterocycles. The molecule has 1 N–H and O–H groups in total. The monoisotopic (exact) mass is 672 g/mol. The Morgan fingerprint density at radius 3 is 2.62 bits per heavy atom. The zero-order valence-corrected chi connectivity index (χ0v) is 25.1. The molecule has 0 bridgehead atoms. The van der Waals surface area contributed by atoms with E-state index in [0.717, 1.165) is 17.3 Å². The largest absolute Gasteiger partial charge is 0.490 e. The number of halogens is 3. The summed E-state index contributed by atoms with van der Waals surface area (Å²) in [5.74, 6) is 0.199. The van der Waals surface area contributed by atoms with Gasteiger partial charge >= 0.3 is 0 Å². The predicted octanol–water partition coefficient (Wildman–Crippen LogP) is 6.70. The number of rotatable bonds is 11. The maximum Gasteiger partial charge on any atom is 0.282 e. The summed E-state index contributed by atoms with van der Waals surface area (Å²) < 4.78 is 28.0. The van der Waals surface area contributed by atoms with Gasteiger partial charge in [0.2, 0.25) is 0 Å². The van der Waals surface area contributed by atoms with Crippen LogP contribution in [0.1, 0.15) is 38.1 Å². The number of fused-ring (bicyclic) bond motifs is 1. The van der Waals surface area contributed by atoms with Crippen molar-refractivity contribution in [1.82, 2.24) is 9.66 Å². The first-order chi connectivity index (χ1) is 19.3. The lowest BCUT2D eigenvalue weighted by atomic mass is 10.2. The van der Waals surface area contributed by atoms with Crippen LogP contribution < -0.4 is 20.3 Å². The first-order valence-electron chi connectivity index (χ1n) is 12.7. The molecule has 0 radical (unpaired) electrons. The second-order valence-corrected chi connectivity index (χ2v) is 10.5. The van der Waals surface area contributed by atoms with Crippen molar-refractivity contribution >= 4 is 60.6 Å². The number of aromatic nitrogens is 2. The van der Waals surface area contributed by atoms with Crippen molar-refractivity contribution in [1.29, 1.82) is 0 Å². The number of anilines is 1. The van der Waals surface area contributed by atoms with Gasteiger partial charge in [-0.1, -0.05) is 41.4 Å². The third-order valence-electron chi connectivity index (χ3n) is 5.81. The summed E-state index contributed by atoms with van der Waals surface area (Å²) in [6.07, 6.45) is 3.95. The van der Waals surface area contributed by atoms with Gasteiger partial charge in [-0.25, -0.2) is 9.37 Å². The molecule has 4 aromatic rings. The van der Waals surface area contributed by atoms with E-state index in [1.54, 1.807) is 30.5 Å². The number of benzene rings is 3. The molecule has 0 aliphatic carbocycles. The molecule has 208 valence electrons. The van der Waals surface area contributed by atoms with Crippen LogP contribution in [-0.2, 0) is 11.2 Å². The van der Waals surface area contributed by atoms with Gasteiger partial charge in [-0.15, -0.1) is 0 Å². The maximum atomic E-state index is 13.9. The number of nitrogens with zero attached hydrogens (tertiary/aromatic N) is 3. The number of hydrogen-bond donors (Lipinski definition) is 1. The molecule has 8 nitrogen and oxygen atoms in total. The lowest BCUT2D eigenvalue weighted by molar-refractivity contribution is -0.118. The zero-order valence-electron chi connectivity index (χ0n) is 21.9. The van der Waals surface area contributed by atoms with Crippen molar-refractivity contribution in [3.05, 3.63) is 91.1 Å². The highest BCUT2D eigenvalue weighted by molar-refractivity contribution is 9.10. The molecule has 1 aromatic heterocycles. The summed E-state index contributed by atoms with van der Waals surface area (Å²) >= 11 is 6.94. The number of para-hydroxylation sites is 1. The summed E-state index contributed by atoms with van der Waals surface area (Å²) in [7, 11) is 0. The van der Waals surface area contributed by atoms with Crippen LogP contribution in [0.5, 0.6) is 11.5 Å². The van der Waals surface area contributed by atoms with Gasteiger partial charge in [-0.05, 0) is 71.7 Å². The standard InChI is InChI=1S/C29H27Br2FN4O4/c1-3-5-10-27-34-23-12-11-19(30)14-20(23)29(38)36(27)33-16-18-13-25(39-4-2)26(15-21(18)31)40-17-28(37)35-24-9-7-6-8-22(24)32/h6-9,11-16H,3-5,10,17H2,1-2H3,(H,35,37). The minimum absolute atomic E-state index is 0.0676. The number of carbonyl (C=O) groups is 1. The fourth-order valence-electron chi connectivity index (χ4n) is 3.85. The van der Waals surface area contributed by atoms with E-state index in [0.29, 0.717) is 51.3 Å². The molecule has 40 heavy (non-hydrogen) atoms. The number of ether oxygens (including phenoxy) is 2. The number of unbranched alkanes of at least 4 members (excludes halogenated alkanes) is 1. The molecule has 0 saturated carbocycles. The van der Waals surface area contributed by atoms with Crippen LogP contribution >= 0.6 is 31.9 Å². The van der Waals surface area contributed by atoms with Gasteiger partial charge in [0.05, 0.1) is 29.4 Å². The number of hydrogen-bond acceptors (Lipinski definition) is 6. The van der Waals surface area contributed by atoms with Crippen LogP contribution in [0.3, 0.4) is 0 Å². The molecule has 1 amide bonds. The van der Waals surface area contributed by atoms with Crippen molar-refractivity contribution in [3.63, 3.8) is 0 Å². The Morgan fingerprint density at radius 2 is 1.88 bits per heavy atom. The zero-order chi connectivity index (χ0) is 28.6. The molecule has 0 spiro atoms. The summed E-state index contributed by atoms with van der Waals surface area (Å²) in [4.78, 5) is 30.4. The molecular weight excluding hydrogens is 647 g/mol. The van der Waals surface area contributed by atoms with Gasteiger partial charge < -0.3 is 14.8 Å². The molecule has 11 heteroatoms. The van der Waals surface area contributed by atoms with Gasteiger partial charge in [0.15, 0.2) is 18.1 Å². The second kappa shape index (κ2) is 13.7. The first-order valence-corrected chi connectivity index (χ1v) is 14.3. The van der Waals surface area contributed by atoms with E-state index in [2.05, 4.69) is 49.2 Å². The Kier molecular flexibility index (Phi) is 10.1. The van der Waals surface area contributed by atoms with E-state index in [9.17, 15) is 14.0 Å². The third kappa shape index (κ3) is 7.14. The van der Waals surface area contributed by atoms with Crippen molar-refractivity contribution in [2.75, 3.05) is 18.5 Å². The number of carbonyl (C=O) groups excluding carboxylic acids is 1. The van der Waals surface area contributed by atoms with Gasteiger partial charge in [-0.3, -0.25) is 9.59 Å². The molecule has 0 aliphatic heterocycles. The predicted molar refractivity (Wildman–Crippen MR) is 161 cm³/mol. The number of aryl methyl sites for hydroxylation is 1. The minimum Gasteiger partial charge on any atom is -0.490 e. The summed E-state index contributed by atoms with van der Waals surface area (Å²) in [5.41, 5.74) is 1.04. The number of amides is 1. The average molecular weight is 674 g/mol. The van der Waals surface area contributed by atoms with Crippen LogP contribution in [0.15, 0.2) is 73.4 Å². The molecule has 0 atom stereocenters. The molecule has 0 saturated heterocycles. The minimum atomic E-state index is -0.538. The van der Waals surface area contributed by atoms with Crippen LogP contribution in [0.2, 0.25) is 0 Å². The van der Waals surface area contributed by atoms with Crippen molar-refractivity contribution in [2.24, 2.45) is 5.10 Å². The Bertz CT molecular complexity index is 1620. The van der Waals surface area contributed by atoms with E-state index in [1.807, 2.05) is 19.1 Å². The molecule has 4 rings (SSSR count). The van der Waals surface area contributed by atoms with E-state index in [-0.39, 0.29) is 17.9 Å². The van der Waals surface area contributed by atoms with Crippen LogP contribution in [0.25, 0.3) is 10.9 Å². The van der Waals surface area contributed by atoms with Crippen molar-refractivity contribution in [3.8, 4) is 11.5 Å². The van der Waals surface area contributed by atoms with Crippen molar-refractivity contribution in [2.45, 2.75) is 33.1 Å². The topological polar surface area (TPSA) is 94.8 Å². The van der Waals surface area contributed by atoms with Crippen LogP contribution in [0.4, 0.5) is 10.1 Å². The highest BCUT2D eigenvalue weighted by Crippen LogP contribution is 2.33. The van der Waals surface area contributed by atoms with Crippen molar-refractivity contribution < 1.29 is 18.7 Å². The highest BCUT2D eigenvalue weighted by Gasteiger charge is 2.15. The van der Waals surface area contributed by atoms with Crippen LogP contribution in [0, 0.1) is 5.82 Å². The Morgan fingerprint density at radius 1 is 1.10 bits per heavy atom. The highest BCUT2D eigenvalue weighted by atomic mass is 79.9. The Labute approximate surface area is 247 Å². The van der Waals surface area contributed by atoms with E-state index in [4.69, 9.17) is 14.5 Å². The normalized spacial score (nSPS) is 11.2. The lowest BCUT2D eigenvalue weighted by Gasteiger charge is -2.14. The van der Waals surface area contributed by atoms with E-state index < -0.39 is 11.7 Å². The van der Waals surface area contributed by atoms with Gasteiger partial charge in [0, 0.05) is 20.9 Å². The van der Waals surface area contributed by atoms with E-state index >= 15 is 0 Å². The summed E-state index contributed by atoms with van der Waals surface area (Å²) in [6, 6.07) is 14.6. The Hall–Kier alpha value is -3.57. The molecule has 0 aliphatic rings. The smallest absolute Gasteiger partial charge is 0.282 e. The Balaban J connectivity index is 1.61. The van der Waals surface area contributed by atoms with Crippen LogP contribution in [-0.4, -0.2) is 35.0 Å². The molecule has 0 unspecified atom stereocenters. The van der Waals surface area contributed by atoms with Gasteiger partial charge in [0.25, 0.3) is 11.5 Å². The molecule has 3 aromatic carbocycles. The quantitative estimate of drug-likeness (QED) is 0.179. The number of nitrogens with one attached hydrogen (secondary N) is 1. The third-order valence-corrected chi connectivity index (χ3v) is 6.99. The van der Waals surface area contributed by atoms with Gasteiger partial charge in [0.1, 0.15) is 11.6 Å². The lowest BCUT2D eigenvalue weighted by Crippen LogP contribution is -2.22. The average Bonchev–Trinajstić information content (AvgIpc) is 2.93. The molecule has 0 fully saturated rings. The van der Waals surface area contributed by atoms with E-state index in [1.165, 1.54) is 22.9 Å². The maximum absolute atomic E-state index is 13.9.